The molecule has 0 fully saturated rings. The first-order chi connectivity index (χ1) is 16.0. The maximum Gasteiger partial charge on any atom is 0.269 e. The Morgan fingerprint density at radius 2 is 1.70 bits per heavy atom. The molecule has 0 saturated carbocycles. The van der Waals surface area contributed by atoms with Crippen molar-refractivity contribution in [1.82, 2.24) is 5.32 Å². The molecule has 0 unspecified atom stereocenters. The zero-order valence-electron chi connectivity index (χ0n) is 17.9. The topological polar surface area (TPSA) is 102 Å². The lowest BCUT2D eigenvalue weighted by Crippen LogP contribution is -2.25. The van der Waals surface area contributed by atoms with Crippen LogP contribution in [0.3, 0.4) is 0 Å². The van der Waals surface area contributed by atoms with Crippen molar-refractivity contribution in [2.75, 3.05) is 13.7 Å². The maximum absolute atomic E-state index is 12.7. The van der Waals surface area contributed by atoms with Crippen LogP contribution in [0.2, 0.25) is 0 Å². The Bertz CT molecular complexity index is 1330. The number of rotatable bonds is 7. The first-order valence-electron chi connectivity index (χ1n) is 10.4. The number of carbonyl (C=O) groups is 1. The number of para-hydroxylation sites is 1. The monoisotopic (exact) mass is 442 g/mol. The summed E-state index contributed by atoms with van der Waals surface area (Å²) in [6, 6.07) is 22.7. The number of hydrogen-bond donors (Lipinski definition) is 2. The average molecular weight is 442 g/mol. The van der Waals surface area contributed by atoms with Gasteiger partial charge in [0.25, 0.3) is 11.6 Å². The van der Waals surface area contributed by atoms with Gasteiger partial charge in [-0.1, -0.05) is 42.5 Å². The highest BCUT2D eigenvalue weighted by Crippen LogP contribution is 2.34. The van der Waals surface area contributed by atoms with Crippen LogP contribution in [0, 0.1) is 10.1 Å². The van der Waals surface area contributed by atoms with Gasteiger partial charge in [0.05, 0.1) is 17.6 Å². The van der Waals surface area contributed by atoms with Gasteiger partial charge in [-0.3, -0.25) is 14.9 Å². The third-order valence-corrected chi connectivity index (χ3v) is 5.48. The number of phenols is 1. The second-order valence-electron chi connectivity index (χ2n) is 7.52. The van der Waals surface area contributed by atoms with E-state index in [1.54, 1.807) is 31.4 Å². The third kappa shape index (κ3) is 4.62. The van der Waals surface area contributed by atoms with E-state index in [9.17, 15) is 20.0 Å². The van der Waals surface area contributed by atoms with Crippen LogP contribution in [0.4, 0.5) is 5.69 Å². The number of benzene rings is 4. The van der Waals surface area contributed by atoms with Gasteiger partial charge in [0.2, 0.25) is 0 Å². The molecular formula is C26H22N2O5. The molecule has 0 spiro atoms. The molecule has 0 radical (unpaired) electrons. The standard InChI is InChI=1S/C26H22N2O5/c1-33-25-18(7-4-8-22(25)17-9-11-21(12-10-17)28(31)32)13-14-27-26(30)23-15-19-5-2-3-6-20(19)16-24(23)29/h2-12,15-16,29H,13-14H2,1H3,(H,27,30). The number of fused-ring (bicyclic) bond motifs is 1. The number of non-ortho nitro benzene ring substituents is 1. The summed E-state index contributed by atoms with van der Waals surface area (Å²) in [5, 5.41) is 25.8. The van der Waals surface area contributed by atoms with Gasteiger partial charge in [0.15, 0.2) is 0 Å². The summed E-state index contributed by atoms with van der Waals surface area (Å²) in [6.07, 6.45) is 0.504. The quantitative estimate of drug-likeness (QED) is 0.306. The molecule has 33 heavy (non-hydrogen) atoms. The second-order valence-corrected chi connectivity index (χ2v) is 7.52. The van der Waals surface area contributed by atoms with Crippen molar-refractivity contribution in [2.45, 2.75) is 6.42 Å². The van der Waals surface area contributed by atoms with Crippen molar-refractivity contribution in [3.8, 4) is 22.6 Å². The van der Waals surface area contributed by atoms with Crippen molar-refractivity contribution in [3.05, 3.63) is 100 Å². The molecule has 0 aliphatic heterocycles. The van der Waals surface area contributed by atoms with Gasteiger partial charge in [-0.15, -0.1) is 0 Å². The fraction of sp³-hybridized carbons (Fsp3) is 0.115. The van der Waals surface area contributed by atoms with E-state index < -0.39 is 4.92 Å². The minimum Gasteiger partial charge on any atom is -0.507 e. The van der Waals surface area contributed by atoms with E-state index in [1.165, 1.54) is 12.1 Å². The molecule has 2 N–H and O–H groups in total. The number of carbonyl (C=O) groups excluding carboxylic acids is 1. The van der Waals surface area contributed by atoms with Crippen LogP contribution < -0.4 is 10.1 Å². The van der Waals surface area contributed by atoms with Crippen LogP contribution >= 0.6 is 0 Å². The largest absolute Gasteiger partial charge is 0.507 e. The number of aromatic hydroxyl groups is 1. The number of nitro groups is 1. The molecule has 7 heteroatoms. The van der Waals surface area contributed by atoms with Gasteiger partial charge >= 0.3 is 0 Å². The van der Waals surface area contributed by atoms with E-state index in [4.69, 9.17) is 4.74 Å². The van der Waals surface area contributed by atoms with Gasteiger partial charge < -0.3 is 15.2 Å². The minimum atomic E-state index is -0.437. The number of nitro benzene ring substituents is 1. The summed E-state index contributed by atoms with van der Waals surface area (Å²) in [6.45, 7) is 0.338. The zero-order valence-corrected chi connectivity index (χ0v) is 17.9. The van der Waals surface area contributed by atoms with E-state index in [0.29, 0.717) is 18.7 Å². The number of nitrogens with zero attached hydrogens (tertiary/aromatic N) is 1. The normalized spacial score (nSPS) is 10.7. The van der Waals surface area contributed by atoms with Crippen molar-refractivity contribution < 1.29 is 19.6 Å². The summed E-state index contributed by atoms with van der Waals surface area (Å²) >= 11 is 0. The van der Waals surface area contributed by atoms with Crippen LogP contribution in [-0.4, -0.2) is 29.6 Å². The Morgan fingerprint density at radius 3 is 2.36 bits per heavy atom. The van der Waals surface area contributed by atoms with Crippen molar-refractivity contribution in [2.24, 2.45) is 0 Å². The van der Waals surface area contributed by atoms with Gasteiger partial charge in [-0.2, -0.15) is 0 Å². The molecule has 4 aromatic rings. The summed E-state index contributed by atoms with van der Waals surface area (Å²) < 4.78 is 5.63. The van der Waals surface area contributed by atoms with Crippen LogP contribution in [0.25, 0.3) is 21.9 Å². The van der Waals surface area contributed by atoms with E-state index in [2.05, 4.69) is 5.32 Å². The molecule has 4 rings (SSSR count). The lowest BCUT2D eigenvalue weighted by atomic mass is 9.99. The fourth-order valence-corrected chi connectivity index (χ4v) is 3.83. The lowest BCUT2D eigenvalue weighted by molar-refractivity contribution is -0.384. The van der Waals surface area contributed by atoms with E-state index in [-0.39, 0.29) is 22.9 Å². The predicted molar refractivity (Wildman–Crippen MR) is 127 cm³/mol. The van der Waals surface area contributed by atoms with Crippen LogP contribution in [0.1, 0.15) is 15.9 Å². The SMILES string of the molecule is COc1c(CCNC(=O)c2cc3ccccc3cc2O)cccc1-c1ccc([N+](=O)[O-])cc1. The van der Waals surface area contributed by atoms with Crippen molar-refractivity contribution in [3.63, 3.8) is 0 Å². The number of amides is 1. The molecular weight excluding hydrogens is 420 g/mol. The number of nitrogens with one attached hydrogen (secondary N) is 1. The van der Waals surface area contributed by atoms with Gasteiger partial charge in [0, 0.05) is 24.2 Å². The molecule has 0 heterocycles. The van der Waals surface area contributed by atoms with E-state index in [0.717, 1.165) is 27.5 Å². The molecule has 0 aliphatic carbocycles. The number of phenolic OH excluding ortho intramolecular Hbond substituents is 1. The third-order valence-electron chi connectivity index (χ3n) is 5.48. The van der Waals surface area contributed by atoms with Gasteiger partial charge in [-0.05, 0) is 52.6 Å². The predicted octanol–water partition coefficient (Wildman–Crippen LogP) is 5.10. The number of methoxy groups -OCH3 is 1. The summed E-state index contributed by atoms with van der Waals surface area (Å²) in [5.41, 5.74) is 2.73. The van der Waals surface area contributed by atoms with Gasteiger partial charge in [0.1, 0.15) is 11.5 Å². The van der Waals surface area contributed by atoms with Crippen LogP contribution in [0.15, 0.2) is 78.9 Å². The first kappa shape index (κ1) is 21.8. The Kier molecular flexibility index (Phi) is 6.22. The molecule has 0 aromatic heterocycles. The lowest BCUT2D eigenvalue weighted by Gasteiger charge is -2.14. The highest BCUT2D eigenvalue weighted by molar-refractivity contribution is 6.01. The molecule has 4 aromatic carbocycles. The second kappa shape index (κ2) is 9.40. The maximum atomic E-state index is 12.7. The van der Waals surface area contributed by atoms with Crippen LogP contribution in [0.5, 0.6) is 11.5 Å². The van der Waals surface area contributed by atoms with Gasteiger partial charge in [-0.25, -0.2) is 0 Å². The first-order valence-corrected chi connectivity index (χ1v) is 10.4. The molecule has 166 valence electrons. The Labute approximate surface area is 190 Å². The summed E-state index contributed by atoms with van der Waals surface area (Å²) in [5.74, 6) is 0.224. The molecule has 0 atom stereocenters. The average Bonchev–Trinajstić information content (AvgIpc) is 2.83. The number of ether oxygens (including phenoxy) is 1. The summed E-state index contributed by atoms with van der Waals surface area (Å²) in [7, 11) is 1.57. The highest BCUT2D eigenvalue weighted by atomic mass is 16.6. The fourth-order valence-electron chi connectivity index (χ4n) is 3.83. The highest BCUT2D eigenvalue weighted by Gasteiger charge is 2.15. The van der Waals surface area contributed by atoms with Crippen LogP contribution in [-0.2, 0) is 6.42 Å². The molecule has 0 saturated heterocycles. The minimum absolute atomic E-state index is 0.0218. The Balaban J connectivity index is 1.50. The van der Waals surface area contributed by atoms with Crippen molar-refractivity contribution >= 4 is 22.4 Å². The molecule has 1 amide bonds. The Morgan fingerprint density at radius 1 is 1.00 bits per heavy atom. The number of hydrogen-bond acceptors (Lipinski definition) is 5. The summed E-state index contributed by atoms with van der Waals surface area (Å²) in [4.78, 5) is 23.2. The molecule has 0 bridgehead atoms. The molecule has 0 aliphatic rings. The van der Waals surface area contributed by atoms with Crippen molar-refractivity contribution in [1.29, 1.82) is 0 Å². The zero-order chi connectivity index (χ0) is 23.4. The van der Waals surface area contributed by atoms with E-state index >= 15 is 0 Å². The molecule has 7 nitrogen and oxygen atoms in total. The van der Waals surface area contributed by atoms with E-state index in [1.807, 2.05) is 42.5 Å². The smallest absolute Gasteiger partial charge is 0.269 e. The Hall–Kier alpha value is -4.39.